The van der Waals surface area contributed by atoms with Crippen LogP contribution in [0.2, 0.25) is 0 Å². The lowest BCUT2D eigenvalue weighted by Crippen LogP contribution is -2.52. The van der Waals surface area contributed by atoms with Crippen molar-refractivity contribution in [3.05, 3.63) is 29.6 Å². The normalized spacial score (nSPS) is 24.6. The van der Waals surface area contributed by atoms with Gasteiger partial charge in [0, 0.05) is 6.61 Å². The molecule has 114 valence electrons. The number of halogens is 1. The highest BCUT2D eigenvalue weighted by Crippen LogP contribution is 2.26. The first-order valence-electron chi connectivity index (χ1n) is 6.56. The Labute approximate surface area is 121 Å². The molecule has 2 amide bonds. The van der Waals surface area contributed by atoms with Crippen molar-refractivity contribution in [1.29, 1.82) is 0 Å². The number of carbonyl (C=O) groups excluding carboxylic acids is 1. The van der Waals surface area contributed by atoms with Crippen LogP contribution in [0.5, 0.6) is 0 Å². The summed E-state index contributed by atoms with van der Waals surface area (Å²) in [4.78, 5) is 23.1. The van der Waals surface area contributed by atoms with Gasteiger partial charge in [-0.25, -0.2) is 14.0 Å². The van der Waals surface area contributed by atoms with Crippen molar-refractivity contribution < 1.29 is 23.8 Å². The number of ether oxygens (including phenoxy) is 1. The number of anilines is 1. The number of aromatic carboxylic acids is 1. The molecule has 3 N–H and O–H groups in total. The van der Waals surface area contributed by atoms with Gasteiger partial charge < -0.3 is 20.5 Å². The lowest BCUT2D eigenvalue weighted by atomic mass is 9.95. The highest BCUT2D eigenvalue weighted by molar-refractivity contribution is 6.00. The quantitative estimate of drug-likeness (QED) is 0.798. The second-order valence-electron chi connectivity index (χ2n) is 5.23. The lowest BCUT2D eigenvalue weighted by Gasteiger charge is -2.29. The highest BCUT2D eigenvalue weighted by Gasteiger charge is 2.38. The number of hydrogen-bond acceptors (Lipinski definition) is 3. The molecular weight excluding hydrogens is 279 g/mol. The summed E-state index contributed by atoms with van der Waals surface area (Å²) in [5, 5.41) is 14.0. The van der Waals surface area contributed by atoms with Gasteiger partial charge >= 0.3 is 12.0 Å². The van der Waals surface area contributed by atoms with Gasteiger partial charge in [0.2, 0.25) is 0 Å². The van der Waals surface area contributed by atoms with E-state index in [0.29, 0.717) is 13.0 Å². The number of rotatable bonds is 3. The Kier molecular flexibility index (Phi) is 4.13. The molecule has 0 bridgehead atoms. The minimum atomic E-state index is -1.31. The van der Waals surface area contributed by atoms with Crippen molar-refractivity contribution in [2.45, 2.75) is 31.9 Å². The van der Waals surface area contributed by atoms with E-state index in [-0.39, 0.29) is 17.4 Å². The van der Waals surface area contributed by atoms with Gasteiger partial charge in [-0.15, -0.1) is 0 Å². The van der Waals surface area contributed by atoms with E-state index in [0.717, 1.165) is 6.07 Å². The summed E-state index contributed by atoms with van der Waals surface area (Å²) < 4.78 is 19.1. The molecule has 21 heavy (non-hydrogen) atoms. The molecule has 2 rings (SSSR count). The molecule has 1 heterocycles. The number of carbonyl (C=O) groups is 2. The van der Waals surface area contributed by atoms with E-state index in [4.69, 9.17) is 9.84 Å². The van der Waals surface area contributed by atoms with E-state index in [1.54, 1.807) is 0 Å². The van der Waals surface area contributed by atoms with Gasteiger partial charge in [-0.1, -0.05) is 6.07 Å². The molecule has 0 aliphatic carbocycles. The zero-order valence-corrected chi connectivity index (χ0v) is 11.8. The average Bonchev–Trinajstić information content (AvgIpc) is 2.71. The van der Waals surface area contributed by atoms with Gasteiger partial charge in [-0.05, 0) is 32.4 Å². The van der Waals surface area contributed by atoms with Crippen LogP contribution in [0.25, 0.3) is 0 Å². The molecule has 1 fully saturated rings. The summed E-state index contributed by atoms with van der Waals surface area (Å²) in [6, 6.07) is 2.92. The average molecular weight is 296 g/mol. The Hall–Kier alpha value is -2.15. The Morgan fingerprint density at radius 3 is 2.76 bits per heavy atom. The summed E-state index contributed by atoms with van der Waals surface area (Å²) in [5.41, 5.74) is -1.22. The van der Waals surface area contributed by atoms with Crippen LogP contribution in [0.4, 0.5) is 14.9 Å². The molecule has 1 saturated heterocycles. The molecule has 1 aliphatic rings. The van der Waals surface area contributed by atoms with Gasteiger partial charge in [0.15, 0.2) is 0 Å². The third-order valence-electron chi connectivity index (χ3n) is 3.77. The van der Waals surface area contributed by atoms with E-state index >= 15 is 0 Å². The first-order valence-corrected chi connectivity index (χ1v) is 6.56. The maximum Gasteiger partial charge on any atom is 0.337 e. The fraction of sp³-hybridized carbons (Fsp3) is 0.429. The third kappa shape index (κ3) is 3.13. The summed E-state index contributed by atoms with van der Waals surface area (Å²) >= 11 is 0. The first-order chi connectivity index (χ1) is 9.83. The van der Waals surface area contributed by atoms with E-state index < -0.39 is 23.4 Å². The first kappa shape index (κ1) is 15.2. The van der Waals surface area contributed by atoms with E-state index in [1.165, 1.54) is 12.1 Å². The molecule has 1 aromatic carbocycles. The molecule has 1 aromatic rings. The van der Waals surface area contributed by atoms with Crippen molar-refractivity contribution in [3.8, 4) is 0 Å². The number of urea groups is 1. The molecule has 2 atom stereocenters. The van der Waals surface area contributed by atoms with Gasteiger partial charge in [-0.2, -0.15) is 0 Å². The van der Waals surface area contributed by atoms with Crippen LogP contribution >= 0.6 is 0 Å². The van der Waals surface area contributed by atoms with Crippen molar-refractivity contribution in [2.24, 2.45) is 0 Å². The molecule has 6 nitrogen and oxygen atoms in total. The van der Waals surface area contributed by atoms with Crippen LogP contribution in [-0.2, 0) is 4.74 Å². The predicted octanol–water partition coefficient (Wildman–Crippen LogP) is 2.21. The molecule has 2 unspecified atom stereocenters. The second kappa shape index (κ2) is 5.69. The fourth-order valence-electron chi connectivity index (χ4n) is 2.23. The van der Waals surface area contributed by atoms with Gasteiger partial charge in [-0.3, -0.25) is 0 Å². The minimum Gasteiger partial charge on any atom is -0.478 e. The molecule has 0 saturated carbocycles. The van der Waals surface area contributed by atoms with Crippen LogP contribution < -0.4 is 10.6 Å². The summed E-state index contributed by atoms with van der Waals surface area (Å²) in [7, 11) is 0. The number of amides is 2. The molecule has 7 heteroatoms. The predicted molar refractivity (Wildman–Crippen MR) is 73.9 cm³/mol. The third-order valence-corrected chi connectivity index (χ3v) is 3.77. The van der Waals surface area contributed by atoms with E-state index in [2.05, 4.69) is 10.6 Å². The Balaban J connectivity index is 2.15. The summed E-state index contributed by atoms with van der Waals surface area (Å²) in [5.74, 6) is -2.11. The Morgan fingerprint density at radius 2 is 2.19 bits per heavy atom. The number of carboxylic acids is 1. The number of benzene rings is 1. The monoisotopic (exact) mass is 296 g/mol. The molecule has 0 spiro atoms. The number of nitrogens with one attached hydrogen (secondary N) is 2. The van der Waals surface area contributed by atoms with Crippen LogP contribution in [0.15, 0.2) is 18.2 Å². The number of carboxylic acid groups (broad SMARTS) is 1. The maximum atomic E-state index is 13.7. The fourth-order valence-corrected chi connectivity index (χ4v) is 2.23. The van der Waals surface area contributed by atoms with Crippen LogP contribution in [0, 0.1) is 5.82 Å². The largest absolute Gasteiger partial charge is 0.478 e. The van der Waals surface area contributed by atoms with E-state index in [1.807, 2.05) is 13.8 Å². The van der Waals surface area contributed by atoms with Crippen molar-refractivity contribution >= 4 is 17.7 Å². The molecule has 0 radical (unpaired) electrons. The van der Waals surface area contributed by atoms with Crippen LogP contribution in [-0.4, -0.2) is 35.4 Å². The SMILES string of the molecule is CC1OCCC1(C)NC(=O)Nc1c(F)cccc1C(=O)O. The summed E-state index contributed by atoms with van der Waals surface area (Å²) in [6.45, 7) is 4.18. The van der Waals surface area contributed by atoms with Gasteiger partial charge in [0.1, 0.15) is 5.82 Å². The van der Waals surface area contributed by atoms with Crippen LogP contribution in [0.3, 0.4) is 0 Å². The van der Waals surface area contributed by atoms with Crippen molar-refractivity contribution in [2.75, 3.05) is 11.9 Å². The van der Waals surface area contributed by atoms with Crippen LogP contribution in [0.1, 0.15) is 30.6 Å². The minimum absolute atomic E-state index is 0.178. The molecular formula is C14H17FN2O4. The van der Waals surface area contributed by atoms with Gasteiger partial charge in [0.25, 0.3) is 0 Å². The Morgan fingerprint density at radius 1 is 1.48 bits per heavy atom. The van der Waals surface area contributed by atoms with Crippen molar-refractivity contribution in [1.82, 2.24) is 5.32 Å². The van der Waals surface area contributed by atoms with Gasteiger partial charge in [0.05, 0.1) is 22.9 Å². The standard InChI is InChI=1S/C14H17FN2O4/c1-8-14(2,6-7-21-8)17-13(20)16-11-9(12(18)19)4-3-5-10(11)15/h3-5,8H,6-7H2,1-2H3,(H,18,19)(H2,16,17,20). The Bertz CT molecular complexity index is 578. The topological polar surface area (TPSA) is 87.7 Å². The maximum absolute atomic E-state index is 13.7. The van der Waals surface area contributed by atoms with Crippen molar-refractivity contribution in [3.63, 3.8) is 0 Å². The lowest BCUT2D eigenvalue weighted by molar-refractivity contribution is 0.0697. The molecule has 0 aromatic heterocycles. The number of para-hydroxylation sites is 1. The zero-order chi connectivity index (χ0) is 15.6. The smallest absolute Gasteiger partial charge is 0.337 e. The highest BCUT2D eigenvalue weighted by atomic mass is 19.1. The number of hydrogen-bond donors (Lipinski definition) is 3. The second-order valence-corrected chi connectivity index (χ2v) is 5.23. The zero-order valence-electron chi connectivity index (χ0n) is 11.8. The molecule has 1 aliphatic heterocycles. The van der Waals surface area contributed by atoms with E-state index in [9.17, 15) is 14.0 Å². The summed E-state index contributed by atoms with van der Waals surface area (Å²) in [6.07, 6.45) is 0.452.